The first-order valence-electron chi connectivity index (χ1n) is 13.9. The van der Waals surface area contributed by atoms with Crippen LogP contribution in [0.25, 0.3) is 0 Å². The molecule has 1 amide bonds. The molecule has 20 nitrogen and oxygen atoms in total. The van der Waals surface area contributed by atoms with Gasteiger partial charge in [-0.1, -0.05) is 0 Å². The van der Waals surface area contributed by atoms with Crippen molar-refractivity contribution in [3.8, 4) is 0 Å². The molecule has 264 valence electrons. The van der Waals surface area contributed by atoms with Crippen LogP contribution < -0.4 is 5.73 Å². The summed E-state index contributed by atoms with van der Waals surface area (Å²) < 4.78 is 59.6. The number of primary amides is 1. The topological polar surface area (TPSA) is 264 Å². The Morgan fingerprint density at radius 2 is 0.809 bits per heavy atom. The highest BCUT2D eigenvalue weighted by molar-refractivity contribution is 5.69. The Bertz CT molecular complexity index is 1200. The Morgan fingerprint density at radius 3 is 1.21 bits per heavy atom. The van der Waals surface area contributed by atoms with E-state index in [9.17, 15) is 38.4 Å². The van der Waals surface area contributed by atoms with Gasteiger partial charge in [0, 0.05) is 48.5 Å². The summed E-state index contributed by atoms with van der Waals surface area (Å²) in [5.41, 5.74) is 5.22. The molecule has 10 atom stereocenters. The Balaban J connectivity index is 2.72. The average Bonchev–Trinajstić information content (AvgIpc) is 2.91. The first-order valence-corrected chi connectivity index (χ1v) is 13.9. The van der Waals surface area contributed by atoms with Gasteiger partial charge in [0.05, 0.1) is 0 Å². The van der Waals surface area contributed by atoms with Gasteiger partial charge in [0.15, 0.2) is 42.9 Å². The molecule has 0 saturated carbocycles. The number of amides is 1. The molecule has 0 aliphatic carbocycles. The van der Waals surface area contributed by atoms with Crippen LogP contribution in [-0.2, 0) is 85.7 Å². The highest BCUT2D eigenvalue weighted by Crippen LogP contribution is 2.35. The zero-order valence-electron chi connectivity index (χ0n) is 26.5. The van der Waals surface area contributed by atoms with Crippen LogP contribution in [0.1, 0.15) is 48.5 Å². The number of hydrogen-bond donors (Lipinski definition) is 1. The first-order chi connectivity index (χ1) is 21.9. The maximum atomic E-state index is 12.3. The lowest BCUT2D eigenvalue weighted by molar-refractivity contribution is -0.363. The largest absolute Gasteiger partial charge is 0.463 e. The summed E-state index contributed by atoms with van der Waals surface area (Å²) in [6, 6.07) is 0. The van der Waals surface area contributed by atoms with E-state index in [1.54, 1.807) is 0 Å². The van der Waals surface area contributed by atoms with Gasteiger partial charge >= 0.3 is 47.9 Å². The van der Waals surface area contributed by atoms with Gasteiger partial charge in [0.2, 0.25) is 6.29 Å². The van der Waals surface area contributed by atoms with Gasteiger partial charge in [0.1, 0.15) is 25.4 Å². The van der Waals surface area contributed by atoms with E-state index in [0.717, 1.165) is 48.5 Å². The minimum absolute atomic E-state index is 0.573. The molecule has 2 N–H and O–H groups in total. The zero-order chi connectivity index (χ0) is 35.6. The first kappa shape index (κ1) is 38.6. The molecule has 2 fully saturated rings. The molecule has 2 aliphatic rings. The van der Waals surface area contributed by atoms with Crippen LogP contribution >= 0.6 is 0 Å². The van der Waals surface area contributed by atoms with Crippen LogP contribution in [0.2, 0.25) is 0 Å². The van der Waals surface area contributed by atoms with Crippen LogP contribution in [0.5, 0.6) is 0 Å². The van der Waals surface area contributed by atoms with Crippen molar-refractivity contribution in [3.63, 3.8) is 0 Å². The summed E-state index contributed by atoms with van der Waals surface area (Å²) in [7, 11) is 0. The Labute approximate surface area is 267 Å². The van der Waals surface area contributed by atoms with Crippen molar-refractivity contribution in [2.45, 2.75) is 110 Å². The van der Waals surface area contributed by atoms with Crippen molar-refractivity contribution < 1.29 is 90.5 Å². The van der Waals surface area contributed by atoms with Crippen LogP contribution in [0, 0.1) is 0 Å². The summed E-state index contributed by atoms with van der Waals surface area (Å²) in [4.78, 5) is 96.0. The fraction of sp³-hybridized carbons (Fsp3) is 0.704. The fourth-order valence-electron chi connectivity index (χ4n) is 4.67. The predicted molar refractivity (Wildman–Crippen MR) is 144 cm³/mol. The maximum absolute atomic E-state index is 12.3. The van der Waals surface area contributed by atoms with E-state index in [0.29, 0.717) is 0 Å². The molecular weight excluding hydrogens is 642 g/mol. The standard InChI is InChI=1S/C27H37NO19/c1-10(29)37-8-17-19(39-12(3)31)21(40-13(4)32)24(25(44-17)43-16(7)35)46-26-23(42-15(6)34)22(41-14(5)33)20(47-27(28)36)18(45-26)9-38-11(2)30/h17-26H,8-9H2,1-7H3,(H2,28,36)/t17-,18+,19+,20+,21-,22-,23-,24-,25-,26+/m0/s1. The monoisotopic (exact) mass is 679 g/mol. The van der Waals surface area contributed by atoms with Crippen LogP contribution in [0.15, 0.2) is 0 Å². The summed E-state index contributed by atoms with van der Waals surface area (Å²) >= 11 is 0. The van der Waals surface area contributed by atoms with E-state index in [4.69, 9.17) is 57.8 Å². The van der Waals surface area contributed by atoms with E-state index in [1.165, 1.54) is 0 Å². The third-order valence-corrected chi connectivity index (χ3v) is 6.12. The van der Waals surface area contributed by atoms with E-state index >= 15 is 0 Å². The summed E-state index contributed by atoms with van der Waals surface area (Å²) in [6.07, 6.45) is -18.2. The second-order valence-electron chi connectivity index (χ2n) is 10.1. The Morgan fingerprint density at radius 1 is 0.447 bits per heavy atom. The number of nitrogens with two attached hydrogens (primary N) is 1. The normalized spacial score (nSPS) is 30.0. The number of rotatable bonds is 12. The van der Waals surface area contributed by atoms with Crippen molar-refractivity contribution >= 4 is 47.9 Å². The van der Waals surface area contributed by atoms with Gasteiger partial charge < -0.3 is 57.8 Å². The molecule has 47 heavy (non-hydrogen) atoms. The van der Waals surface area contributed by atoms with E-state index < -0.39 is 123 Å². The Kier molecular flexibility index (Phi) is 14.3. The molecule has 0 aromatic carbocycles. The molecule has 0 aromatic rings. The Hall–Kier alpha value is -4.56. The number of esters is 7. The number of ether oxygens (including phenoxy) is 11. The second-order valence-corrected chi connectivity index (χ2v) is 10.1. The van der Waals surface area contributed by atoms with Crippen LogP contribution in [0.3, 0.4) is 0 Å². The van der Waals surface area contributed by atoms with E-state index in [1.807, 2.05) is 0 Å². The average molecular weight is 680 g/mol. The number of carbonyl (C=O) groups is 8. The minimum Gasteiger partial charge on any atom is -0.463 e. The second kappa shape index (κ2) is 17.4. The van der Waals surface area contributed by atoms with Crippen LogP contribution in [0.4, 0.5) is 4.79 Å². The van der Waals surface area contributed by atoms with Crippen LogP contribution in [-0.4, -0.2) is 123 Å². The van der Waals surface area contributed by atoms with Gasteiger partial charge in [-0.05, 0) is 0 Å². The van der Waals surface area contributed by atoms with Crippen molar-refractivity contribution in [3.05, 3.63) is 0 Å². The van der Waals surface area contributed by atoms with Crippen molar-refractivity contribution in [2.24, 2.45) is 5.73 Å². The van der Waals surface area contributed by atoms with Gasteiger partial charge in [0.25, 0.3) is 0 Å². The van der Waals surface area contributed by atoms with E-state index in [-0.39, 0.29) is 0 Å². The lowest BCUT2D eigenvalue weighted by Crippen LogP contribution is -2.67. The lowest BCUT2D eigenvalue weighted by Gasteiger charge is -2.48. The van der Waals surface area contributed by atoms with Crippen molar-refractivity contribution in [1.29, 1.82) is 0 Å². The SMILES string of the molecule is CC(=O)OC[C@@H]1O[C@H](OC(C)=O)[C@@H](O[C@H]2O[C@H](COC(C)=O)[C@@H](OC(N)=O)[C@H](OC(C)=O)[C@@H]2OC(C)=O)[C@@H](OC(C)=O)[C@@H]1OC(C)=O. The van der Waals surface area contributed by atoms with Crippen molar-refractivity contribution in [2.75, 3.05) is 13.2 Å². The molecule has 0 unspecified atom stereocenters. The molecule has 2 aliphatic heterocycles. The molecular formula is C27H37NO19. The molecule has 2 saturated heterocycles. The molecule has 0 aromatic heterocycles. The highest BCUT2D eigenvalue weighted by atomic mass is 16.8. The van der Waals surface area contributed by atoms with Gasteiger partial charge in [-0.15, -0.1) is 0 Å². The van der Waals surface area contributed by atoms with Gasteiger partial charge in [-0.3, -0.25) is 33.6 Å². The summed E-state index contributed by atoms with van der Waals surface area (Å²) in [5.74, 6) is -6.29. The summed E-state index contributed by atoms with van der Waals surface area (Å²) in [6.45, 7) is 5.88. The maximum Gasteiger partial charge on any atom is 0.405 e. The third-order valence-electron chi connectivity index (χ3n) is 6.12. The predicted octanol–water partition coefficient (Wildman–Crippen LogP) is -1.30. The number of carbonyl (C=O) groups excluding carboxylic acids is 8. The quantitative estimate of drug-likeness (QED) is 0.185. The van der Waals surface area contributed by atoms with Gasteiger partial charge in [-0.2, -0.15) is 0 Å². The smallest absolute Gasteiger partial charge is 0.405 e. The highest BCUT2D eigenvalue weighted by Gasteiger charge is 2.58. The third kappa shape index (κ3) is 12.0. The molecule has 2 rings (SSSR count). The number of hydrogen-bond acceptors (Lipinski definition) is 19. The molecule has 0 radical (unpaired) electrons. The molecule has 2 heterocycles. The zero-order valence-corrected chi connectivity index (χ0v) is 26.5. The lowest BCUT2D eigenvalue weighted by atomic mass is 9.96. The molecule has 20 heteroatoms. The fourth-order valence-corrected chi connectivity index (χ4v) is 4.67. The van der Waals surface area contributed by atoms with Gasteiger partial charge in [-0.25, -0.2) is 4.79 Å². The van der Waals surface area contributed by atoms with E-state index in [2.05, 4.69) is 0 Å². The summed E-state index contributed by atoms with van der Waals surface area (Å²) in [5, 5.41) is 0. The van der Waals surface area contributed by atoms with Crippen molar-refractivity contribution in [1.82, 2.24) is 0 Å². The molecule has 0 spiro atoms. The molecule has 0 bridgehead atoms. The minimum atomic E-state index is -1.90.